The lowest BCUT2D eigenvalue weighted by Crippen LogP contribution is -2.07. The zero-order valence-corrected chi connectivity index (χ0v) is 8.52. The van der Waals surface area contributed by atoms with Crippen LogP contribution >= 0.6 is 11.3 Å². The van der Waals surface area contributed by atoms with E-state index in [9.17, 15) is 4.79 Å². The first-order chi connectivity index (χ1) is 6.22. The molecule has 3 nitrogen and oxygen atoms in total. The van der Waals surface area contributed by atoms with Gasteiger partial charge in [-0.1, -0.05) is 13.0 Å². The van der Waals surface area contributed by atoms with Crippen LogP contribution in [0, 0.1) is 6.92 Å². The van der Waals surface area contributed by atoms with E-state index in [0.29, 0.717) is 5.13 Å². The lowest BCUT2D eigenvalue weighted by molar-refractivity contribution is -0.111. The van der Waals surface area contributed by atoms with Gasteiger partial charge in [0.15, 0.2) is 5.13 Å². The molecule has 1 aromatic rings. The van der Waals surface area contributed by atoms with Gasteiger partial charge in [-0.25, -0.2) is 4.98 Å². The Kier molecular flexibility index (Phi) is 3.64. The van der Waals surface area contributed by atoms with E-state index < -0.39 is 0 Å². The van der Waals surface area contributed by atoms with Crippen LogP contribution in [0.5, 0.6) is 0 Å². The van der Waals surface area contributed by atoms with Gasteiger partial charge in [0.05, 0.1) is 5.69 Å². The number of nitrogens with one attached hydrogen (secondary N) is 1. The van der Waals surface area contributed by atoms with Crippen LogP contribution in [0.1, 0.15) is 19.0 Å². The lowest BCUT2D eigenvalue weighted by Gasteiger charge is -1.94. The normalized spacial score (nSPS) is 10.6. The van der Waals surface area contributed by atoms with Crippen LogP contribution in [0.2, 0.25) is 0 Å². The van der Waals surface area contributed by atoms with Crippen LogP contribution in [0.25, 0.3) is 0 Å². The summed E-state index contributed by atoms with van der Waals surface area (Å²) in [6.45, 7) is 3.88. The van der Waals surface area contributed by atoms with Gasteiger partial charge in [0.2, 0.25) is 5.91 Å². The second-order valence-electron chi connectivity index (χ2n) is 2.59. The molecule has 0 aliphatic heterocycles. The molecule has 1 N–H and O–H groups in total. The topological polar surface area (TPSA) is 42.0 Å². The van der Waals surface area contributed by atoms with E-state index in [1.807, 2.05) is 25.3 Å². The molecule has 1 heterocycles. The first-order valence-corrected chi connectivity index (χ1v) is 5.00. The number of carbonyl (C=O) groups is 1. The highest BCUT2D eigenvalue weighted by molar-refractivity contribution is 7.13. The van der Waals surface area contributed by atoms with Crippen molar-refractivity contribution in [3.8, 4) is 0 Å². The van der Waals surface area contributed by atoms with E-state index in [-0.39, 0.29) is 5.91 Å². The predicted molar refractivity (Wildman–Crippen MR) is 54.9 cm³/mol. The first kappa shape index (κ1) is 9.92. The summed E-state index contributed by atoms with van der Waals surface area (Å²) in [6, 6.07) is 0. The Bertz CT molecular complexity index is 317. The van der Waals surface area contributed by atoms with Crippen LogP contribution in [0.3, 0.4) is 0 Å². The summed E-state index contributed by atoms with van der Waals surface area (Å²) >= 11 is 1.43. The largest absolute Gasteiger partial charge is 0.298 e. The molecule has 4 heteroatoms. The minimum Gasteiger partial charge on any atom is -0.298 e. The highest BCUT2D eigenvalue weighted by Gasteiger charge is 2.00. The Morgan fingerprint density at radius 3 is 3.08 bits per heavy atom. The molecule has 1 rings (SSSR count). The Labute approximate surface area is 81.5 Å². The van der Waals surface area contributed by atoms with Crippen molar-refractivity contribution in [3.05, 3.63) is 23.2 Å². The van der Waals surface area contributed by atoms with Crippen molar-refractivity contribution in [1.29, 1.82) is 0 Å². The number of carbonyl (C=O) groups excluding carboxylic acids is 1. The summed E-state index contributed by atoms with van der Waals surface area (Å²) in [5.41, 5.74) is 0.930. The van der Waals surface area contributed by atoms with E-state index in [2.05, 4.69) is 10.3 Å². The van der Waals surface area contributed by atoms with Gasteiger partial charge < -0.3 is 0 Å². The van der Waals surface area contributed by atoms with Crippen molar-refractivity contribution in [2.45, 2.75) is 20.3 Å². The van der Waals surface area contributed by atoms with Crippen molar-refractivity contribution in [2.75, 3.05) is 5.32 Å². The quantitative estimate of drug-likeness (QED) is 0.754. The molecular formula is C9H12N2OS. The van der Waals surface area contributed by atoms with E-state index in [0.717, 1.165) is 12.1 Å². The number of allylic oxidation sites excluding steroid dienone is 1. The maximum absolute atomic E-state index is 11.1. The molecule has 0 saturated heterocycles. The Balaban J connectivity index is 2.50. The van der Waals surface area contributed by atoms with Gasteiger partial charge in [0, 0.05) is 5.38 Å². The minimum atomic E-state index is -0.115. The lowest BCUT2D eigenvalue weighted by atomic mass is 10.4. The molecule has 1 aromatic heterocycles. The summed E-state index contributed by atoms with van der Waals surface area (Å²) in [5.74, 6) is -0.115. The van der Waals surface area contributed by atoms with Crippen LogP contribution in [0.15, 0.2) is 17.5 Å². The zero-order valence-electron chi connectivity index (χ0n) is 7.70. The average Bonchev–Trinajstić information content (AvgIpc) is 2.48. The molecular weight excluding hydrogens is 184 g/mol. The van der Waals surface area contributed by atoms with Gasteiger partial charge in [-0.3, -0.25) is 10.1 Å². The van der Waals surface area contributed by atoms with Gasteiger partial charge in [-0.05, 0) is 19.4 Å². The van der Waals surface area contributed by atoms with Crippen LogP contribution in [-0.4, -0.2) is 10.9 Å². The summed E-state index contributed by atoms with van der Waals surface area (Å²) in [6.07, 6.45) is 4.21. The van der Waals surface area contributed by atoms with E-state index in [1.165, 1.54) is 17.4 Å². The molecule has 0 spiro atoms. The number of anilines is 1. The Hall–Kier alpha value is -1.16. The van der Waals surface area contributed by atoms with Crippen molar-refractivity contribution in [3.63, 3.8) is 0 Å². The second-order valence-corrected chi connectivity index (χ2v) is 3.45. The third-order valence-electron chi connectivity index (χ3n) is 1.35. The Morgan fingerprint density at radius 2 is 2.54 bits per heavy atom. The van der Waals surface area contributed by atoms with Crippen molar-refractivity contribution in [1.82, 2.24) is 4.98 Å². The molecule has 0 saturated carbocycles. The highest BCUT2D eigenvalue weighted by Crippen LogP contribution is 2.13. The van der Waals surface area contributed by atoms with E-state index in [4.69, 9.17) is 0 Å². The molecule has 0 aliphatic carbocycles. The molecule has 1 amide bonds. The second kappa shape index (κ2) is 4.77. The summed E-state index contributed by atoms with van der Waals surface area (Å²) in [5, 5.41) is 5.24. The third kappa shape index (κ3) is 3.38. The van der Waals surface area contributed by atoms with Gasteiger partial charge in [0.1, 0.15) is 0 Å². The number of aryl methyl sites for hydroxylation is 1. The number of hydrogen-bond donors (Lipinski definition) is 1. The zero-order chi connectivity index (χ0) is 9.68. The minimum absolute atomic E-state index is 0.115. The summed E-state index contributed by atoms with van der Waals surface area (Å²) in [4.78, 5) is 15.3. The number of aromatic nitrogens is 1. The van der Waals surface area contributed by atoms with Crippen molar-refractivity contribution in [2.24, 2.45) is 0 Å². The van der Waals surface area contributed by atoms with Crippen molar-refractivity contribution < 1.29 is 4.79 Å². The maximum Gasteiger partial charge on any atom is 0.249 e. The standard InChI is InChI=1S/C9H12N2OS/c1-3-4-5-8(12)11-9-10-7(2)6-13-9/h4-6H,3H2,1-2H3,(H,10,11,12)/b5-4+. The average molecular weight is 196 g/mol. The molecule has 0 fully saturated rings. The molecule has 0 radical (unpaired) electrons. The monoisotopic (exact) mass is 196 g/mol. The third-order valence-corrected chi connectivity index (χ3v) is 2.23. The van der Waals surface area contributed by atoms with Gasteiger partial charge >= 0.3 is 0 Å². The van der Waals surface area contributed by atoms with Gasteiger partial charge in [0.25, 0.3) is 0 Å². The smallest absolute Gasteiger partial charge is 0.249 e. The predicted octanol–water partition coefficient (Wildman–Crippen LogP) is 2.36. The number of nitrogens with zero attached hydrogens (tertiary/aromatic N) is 1. The SMILES string of the molecule is CC/C=C/C(=O)Nc1nc(C)cs1. The molecule has 0 aliphatic rings. The molecule has 0 bridgehead atoms. The highest BCUT2D eigenvalue weighted by atomic mass is 32.1. The fraction of sp³-hybridized carbons (Fsp3) is 0.333. The molecule has 0 unspecified atom stereocenters. The Morgan fingerprint density at radius 1 is 1.77 bits per heavy atom. The number of hydrogen-bond acceptors (Lipinski definition) is 3. The van der Waals surface area contributed by atoms with E-state index >= 15 is 0 Å². The van der Waals surface area contributed by atoms with Crippen molar-refractivity contribution >= 4 is 22.4 Å². The molecule has 13 heavy (non-hydrogen) atoms. The fourth-order valence-corrected chi connectivity index (χ4v) is 1.47. The fourth-order valence-electron chi connectivity index (χ4n) is 0.783. The molecule has 70 valence electrons. The van der Waals surface area contributed by atoms with Gasteiger partial charge in [-0.2, -0.15) is 0 Å². The molecule has 0 aromatic carbocycles. The van der Waals surface area contributed by atoms with Gasteiger partial charge in [-0.15, -0.1) is 11.3 Å². The van der Waals surface area contributed by atoms with Crippen LogP contribution < -0.4 is 5.32 Å². The number of rotatable bonds is 3. The summed E-state index contributed by atoms with van der Waals surface area (Å²) < 4.78 is 0. The molecule has 0 atom stereocenters. The number of thiazole rings is 1. The van der Waals surface area contributed by atoms with Crippen LogP contribution in [-0.2, 0) is 4.79 Å². The summed E-state index contributed by atoms with van der Waals surface area (Å²) in [7, 11) is 0. The number of amides is 1. The van der Waals surface area contributed by atoms with Crippen LogP contribution in [0.4, 0.5) is 5.13 Å². The van der Waals surface area contributed by atoms with E-state index in [1.54, 1.807) is 0 Å². The maximum atomic E-state index is 11.1. The first-order valence-electron chi connectivity index (χ1n) is 4.12.